The lowest BCUT2D eigenvalue weighted by molar-refractivity contribution is -0.0385. The maximum absolute atomic E-state index is 10.4. The number of carbonyl (C=O) groups is 1. The molecule has 0 aromatic carbocycles. The van der Waals surface area contributed by atoms with Crippen LogP contribution in [0.4, 0.5) is 4.79 Å². The largest absolute Gasteiger partial charge is 0.465 e. The molecule has 74 valence electrons. The van der Waals surface area contributed by atoms with Crippen LogP contribution in [0.1, 0.15) is 6.42 Å². The molecule has 1 aliphatic heterocycles. The molecule has 0 radical (unpaired) electrons. The Morgan fingerprint density at radius 3 is 2.92 bits per heavy atom. The molecule has 0 bridgehead atoms. The lowest BCUT2D eigenvalue weighted by atomic mass is 10.1. The molecule has 2 rings (SSSR count). The normalized spacial score (nSPS) is 42.2. The van der Waals surface area contributed by atoms with Crippen molar-refractivity contribution in [3.8, 4) is 0 Å². The fourth-order valence-electron chi connectivity index (χ4n) is 2.10. The third kappa shape index (κ3) is 1.62. The molecule has 5 nitrogen and oxygen atoms in total. The van der Waals surface area contributed by atoms with Gasteiger partial charge < -0.3 is 20.3 Å². The molecular weight excluding hydrogens is 174 g/mol. The Morgan fingerprint density at radius 2 is 2.31 bits per heavy atom. The third-order valence-corrected chi connectivity index (χ3v) is 2.86. The number of nitrogens with one attached hydrogen (secondary N) is 1. The van der Waals surface area contributed by atoms with Gasteiger partial charge in [-0.05, 0) is 18.3 Å². The first-order valence-electron chi connectivity index (χ1n) is 4.44. The summed E-state index contributed by atoms with van der Waals surface area (Å²) in [6.45, 7) is 0.430. The van der Waals surface area contributed by atoms with E-state index in [1.165, 1.54) is 0 Å². The number of carboxylic acid groups (broad SMARTS) is 1. The van der Waals surface area contributed by atoms with Gasteiger partial charge in [0, 0.05) is 0 Å². The van der Waals surface area contributed by atoms with Crippen LogP contribution in [0.25, 0.3) is 0 Å². The van der Waals surface area contributed by atoms with Crippen LogP contribution in [-0.4, -0.2) is 41.7 Å². The van der Waals surface area contributed by atoms with Crippen molar-refractivity contribution in [2.75, 3.05) is 13.2 Å². The summed E-state index contributed by atoms with van der Waals surface area (Å²) in [5.41, 5.74) is 0. The highest BCUT2D eigenvalue weighted by Gasteiger charge is 2.51. The molecule has 2 unspecified atom stereocenters. The molecule has 3 N–H and O–H groups in total. The van der Waals surface area contributed by atoms with Crippen molar-refractivity contribution in [3.05, 3.63) is 0 Å². The molecule has 1 aliphatic carbocycles. The van der Waals surface area contributed by atoms with E-state index in [2.05, 4.69) is 5.32 Å². The number of aliphatic hydroxyl groups excluding tert-OH is 1. The second-order valence-corrected chi connectivity index (χ2v) is 3.67. The summed E-state index contributed by atoms with van der Waals surface area (Å²) in [6.07, 6.45) is -0.102. The predicted octanol–water partition coefficient (Wildman–Crippen LogP) is -0.350. The number of fused-ring (bicyclic) bond motifs is 1. The summed E-state index contributed by atoms with van der Waals surface area (Å²) in [4.78, 5) is 10.4. The van der Waals surface area contributed by atoms with Crippen LogP contribution in [0.5, 0.6) is 0 Å². The summed E-state index contributed by atoms with van der Waals surface area (Å²) in [7, 11) is 0. The van der Waals surface area contributed by atoms with Crippen molar-refractivity contribution >= 4 is 6.09 Å². The van der Waals surface area contributed by atoms with Gasteiger partial charge in [-0.25, -0.2) is 4.79 Å². The van der Waals surface area contributed by atoms with Crippen LogP contribution in [0, 0.1) is 11.8 Å². The highest BCUT2D eigenvalue weighted by molar-refractivity contribution is 5.65. The number of ether oxygens (including phenoxy) is 1. The van der Waals surface area contributed by atoms with E-state index in [-0.39, 0.29) is 18.8 Å². The van der Waals surface area contributed by atoms with Crippen LogP contribution in [-0.2, 0) is 4.74 Å². The van der Waals surface area contributed by atoms with Crippen molar-refractivity contribution in [2.45, 2.75) is 18.6 Å². The van der Waals surface area contributed by atoms with Gasteiger partial charge in [-0.1, -0.05) is 0 Å². The Balaban J connectivity index is 1.88. The van der Waals surface area contributed by atoms with Crippen molar-refractivity contribution in [3.63, 3.8) is 0 Å². The molecule has 1 saturated heterocycles. The zero-order valence-electron chi connectivity index (χ0n) is 7.14. The van der Waals surface area contributed by atoms with Gasteiger partial charge >= 0.3 is 6.09 Å². The van der Waals surface area contributed by atoms with Crippen LogP contribution in [0.2, 0.25) is 0 Å². The van der Waals surface area contributed by atoms with E-state index in [0.29, 0.717) is 18.4 Å². The molecular formula is C8H13NO4. The second-order valence-electron chi connectivity index (χ2n) is 3.67. The van der Waals surface area contributed by atoms with Crippen LogP contribution < -0.4 is 5.32 Å². The van der Waals surface area contributed by atoms with Gasteiger partial charge in [0.05, 0.1) is 25.4 Å². The SMILES string of the molecule is O=C(O)N[C@H]1CO[C@H](CO)C2CC21. The second kappa shape index (κ2) is 3.16. The van der Waals surface area contributed by atoms with E-state index in [0.717, 1.165) is 6.42 Å². The number of aliphatic hydroxyl groups is 1. The number of hydrogen-bond donors (Lipinski definition) is 3. The minimum absolute atomic E-state index is 0.0426. The van der Waals surface area contributed by atoms with Crippen molar-refractivity contribution in [2.24, 2.45) is 11.8 Å². The fourth-order valence-corrected chi connectivity index (χ4v) is 2.10. The lowest BCUT2D eigenvalue weighted by Crippen LogP contribution is -2.45. The van der Waals surface area contributed by atoms with Crippen LogP contribution in [0.15, 0.2) is 0 Å². The monoisotopic (exact) mass is 187 g/mol. The number of rotatable bonds is 2. The van der Waals surface area contributed by atoms with Crippen molar-refractivity contribution in [1.82, 2.24) is 5.32 Å². The molecule has 1 amide bonds. The molecule has 13 heavy (non-hydrogen) atoms. The summed E-state index contributed by atoms with van der Waals surface area (Å²) < 4.78 is 5.32. The number of hydrogen-bond acceptors (Lipinski definition) is 3. The fraction of sp³-hybridized carbons (Fsp3) is 0.875. The van der Waals surface area contributed by atoms with Gasteiger partial charge in [0.25, 0.3) is 0 Å². The zero-order valence-corrected chi connectivity index (χ0v) is 7.14. The molecule has 0 aromatic rings. The minimum atomic E-state index is -0.998. The van der Waals surface area contributed by atoms with E-state index in [1.54, 1.807) is 0 Å². The van der Waals surface area contributed by atoms with Crippen molar-refractivity contribution in [1.29, 1.82) is 0 Å². The summed E-state index contributed by atoms with van der Waals surface area (Å²) in [5, 5.41) is 19.8. The first-order chi connectivity index (χ1) is 6.22. The summed E-state index contributed by atoms with van der Waals surface area (Å²) in [6, 6.07) is -0.0784. The smallest absolute Gasteiger partial charge is 0.404 e. The lowest BCUT2D eigenvalue weighted by Gasteiger charge is -2.27. The number of amides is 1. The van der Waals surface area contributed by atoms with Gasteiger partial charge in [0.1, 0.15) is 0 Å². The quantitative estimate of drug-likeness (QED) is 0.552. The molecule has 1 heterocycles. The van der Waals surface area contributed by atoms with E-state index in [9.17, 15) is 4.79 Å². The van der Waals surface area contributed by atoms with Gasteiger partial charge in [-0.3, -0.25) is 0 Å². The Bertz CT molecular complexity index is 220. The molecule has 2 aliphatic rings. The topological polar surface area (TPSA) is 78.8 Å². The zero-order chi connectivity index (χ0) is 9.42. The van der Waals surface area contributed by atoms with E-state index < -0.39 is 6.09 Å². The Labute approximate surface area is 75.7 Å². The van der Waals surface area contributed by atoms with Gasteiger partial charge in [0.2, 0.25) is 0 Å². The standard InChI is InChI=1S/C8H13NO4/c10-2-7-5-1-4(5)6(3-13-7)9-8(11)12/h4-7,9-10H,1-3H2,(H,11,12)/t4?,5?,6-,7+/m0/s1. The molecule has 4 atom stereocenters. The van der Waals surface area contributed by atoms with Gasteiger partial charge in [0.15, 0.2) is 0 Å². The highest BCUT2D eigenvalue weighted by Crippen LogP contribution is 2.47. The molecule has 2 fully saturated rings. The molecule has 1 saturated carbocycles. The van der Waals surface area contributed by atoms with E-state index in [1.807, 2.05) is 0 Å². The predicted molar refractivity (Wildman–Crippen MR) is 43.4 cm³/mol. The highest BCUT2D eigenvalue weighted by atomic mass is 16.5. The third-order valence-electron chi connectivity index (χ3n) is 2.86. The van der Waals surface area contributed by atoms with E-state index >= 15 is 0 Å². The summed E-state index contributed by atoms with van der Waals surface area (Å²) >= 11 is 0. The van der Waals surface area contributed by atoms with Gasteiger partial charge in [-0.15, -0.1) is 0 Å². The summed E-state index contributed by atoms with van der Waals surface area (Å²) in [5.74, 6) is 0.734. The molecule has 0 aromatic heterocycles. The molecule has 0 spiro atoms. The first kappa shape index (κ1) is 8.77. The Morgan fingerprint density at radius 1 is 1.54 bits per heavy atom. The van der Waals surface area contributed by atoms with Crippen molar-refractivity contribution < 1.29 is 19.7 Å². The Hall–Kier alpha value is -0.810. The Kier molecular flexibility index (Phi) is 2.13. The minimum Gasteiger partial charge on any atom is -0.465 e. The maximum Gasteiger partial charge on any atom is 0.404 e. The first-order valence-corrected chi connectivity index (χ1v) is 4.44. The average molecular weight is 187 g/mol. The van der Waals surface area contributed by atoms with Crippen LogP contribution >= 0.6 is 0 Å². The van der Waals surface area contributed by atoms with Gasteiger partial charge in [-0.2, -0.15) is 0 Å². The van der Waals surface area contributed by atoms with E-state index in [4.69, 9.17) is 14.9 Å². The maximum atomic E-state index is 10.4. The molecule has 5 heteroatoms. The van der Waals surface area contributed by atoms with Crippen LogP contribution in [0.3, 0.4) is 0 Å². The average Bonchev–Trinajstić information content (AvgIpc) is 2.83.